The minimum absolute atomic E-state index is 0.209. The van der Waals surface area contributed by atoms with Crippen LogP contribution in [0.3, 0.4) is 0 Å². The van der Waals surface area contributed by atoms with Crippen molar-refractivity contribution in [1.82, 2.24) is 10.2 Å². The topological polar surface area (TPSA) is 32.3 Å². The van der Waals surface area contributed by atoms with E-state index in [4.69, 9.17) is 23.2 Å². The maximum absolute atomic E-state index is 13.6. The fourth-order valence-corrected chi connectivity index (χ4v) is 2.66. The number of alkyl halides is 2. The normalized spacial score (nSPS) is 16.6. The van der Waals surface area contributed by atoms with E-state index in [9.17, 15) is 9.18 Å². The van der Waals surface area contributed by atoms with E-state index in [0.717, 1.165) is 25.9 Å². The molecular formula is C14H17Cl2FN2O. The van der Waals surface area contributed by atoms with Crippen LogP contribution in [-0.2, 0) is 0 Å². The summed E-state index contributed by atoms with van der Waals surface area (Å²) in [6.07, 6.45) is 2.00. The molecule has 1 N–H and O–H groups in total. The van der Waals surface area contributed by atoms with Gasteiger partial charge in [0.2, 0.25) is 0 Å². The lowest BCUT2D eigenvalue weighted by Crippen LogP contribution is -2.41. The number of halogens is 3. The molecule has 0 bridgehead atoms. The van der Waals surface area contributed by atoms with Gasteiger partial charge in [0, 0.05) is 13.1 Å². The Morgan fingerprint density at radius 1 is 1.35 bits per heavy atom. The molecule has 110 valence electrons. The summed E-state index contributed by atoms with van der Waals surface area (Å²) in [6.45, 7) is 3.14. The van der Waals surface area contributed by atoms with Crippen LogP contribution in [0.2, 0.25) is 0 Å². The number of nitrogens with one attached hydrogen (secondary N) is 1. The van der Waals surface area contributed by atoms with Gasteiger partial charge in [-0.15, -0.1) is 23.2 Å². The summed E-state index contributed by atoms with van der Waals surface area (Å²) in [4.78, 5) is 13.0. The highest BCUT2D eigenvalue weighted by atomic mass is 35.5. The first-order valence-corrected chi connectivity index (χ1v) is 7.46. The van der Waals surface area contributed by atoms with Gasteiger partial charge in [0.05, 0.1) is 6.04 Å². The van der Waals surface area contributed by atoms with Crippen molar-refractivity contribution in [2.75, 3.05) is 13.1 Å². The third-order valence-electron chi connectivity index (χ3n) is 3.48. The standard InChI is InChI=1S/C14H17Cl2FN2O/c1-9-4-5-10(8-11(9)17)12(13(15)16)18-14(20)19-6-2-3-7-19/h4-5,8,12-13H,2-3,6-7H2,1H3,(H,18,20)/t12-/m0/s1. The Labute approximate surface area is 128 Å². The van der Waals surface area contributed by atoms with Gasteiger partial charge in [-0.05, 0) is 37.0 Å². The van der Waals surface area contributed by atoms with Crippen LogP contribution in [0.15, 0.2) is 18.2 Å². The van der Waals surface area contributed by atoms with Gasteiger partial charge < -0.3 is 10.2 Å². The summed E-state index contributed by atoms with van der Waals surface area (Å²) < 4.78 is 13.6. The van der Waals surface area contributed by atoms with Gasteiger partial charge in [0.1, 0.15) is 10.7 Å². The minimum atomic E-state index is -0.844. The quantitative estimate of drug-likeness (QED) is 0.845. The number of hydrogen-bond donors (Lipinski definition) is 1. The first kappa shape index (κ1) is 15.4. The molecule has 20 heavy (non-hydrogen) atoms. The molecule has 1 saturated heterocycles. The monoisotopic (exact) mass is 318 g/mol. The van der Waals surface area contributed by atoms with Crippen molar-refractivity contribution < 1.29 is 9.18 Å². The molecule has 1 aromatic rings. The Kier molecular flexibility index (Phi) is 5.11. The van der Waals surface area contributed by atoms with Crippen LogP contribution in [0.4, 0.5) is 9.18 Å². The van der Waals surface area contributed by atoms with E-state index >= 15 is 0 Å². The van der Waals surface area contributed by atoms with Crippen LogP contribution < -0.4 is 5.32 Å². The molecule has 1 fully saturated rings. The fourth-order valence-electron chi connectivity index (χ4n) is 2.24. The van der Waals surface area contributed by atoms with E-state index in [1.165, 1.54) is 6.07 Å². The van der Waals surface area contributed by atoms with Gasteiger partial charge in [-0.3, -0.25) is 0 Å². The van der Waals surface area contributed by atoms with Gasteiger partial charge in [0.25, 0.3) is 0 Å². The van der Waals surface area contributed by atoms with Crippen molar-refractivity contribution in [1.29, 1.82) is 0 Å². The van der Waals surface area contributed by atoms with Crippen molar-refractivity contribution in [2.24, 2.45) is 0 Å². The molecule has 6 heteroatoms. The van der Waals surface area contributed by atoms with Crippen molar-refractivity contribution in [3.05, 3.63) is 35.1 Å². The maximum Gasteiger partial charge on any atom is 0.317 e. The highest BCUT2D eigenvalue weighted by Gasteiger charge is 2.26. The summed E-state index contributed by atoms with van der Waals surface area (Å²) in [7, 11) is 0. The Bertz CT molecular complexity index is 490. The Morgan fingerprint density at radius 2 is 2.00 bits per heavy atom. The molecule has 0 unspecified atom stereocenters. The Morgan fingerprint density at radius 3 is 2.55 bits per heavy atom. The molecule has 0 spiro atoms. The van der Waals surface area contributed by atoms with E-state index < -0.39 is 10.9 Å². The zero-order valence-corrected chi connectivity index (χ0v) is 12.7. The summed E-state index contributed by atoms with van der Waals surface area (Å²) in [5, 5.41) is 2.78. The van der Waals surface area contributed by atoms with Crippen molar-refractivity contribution in [3.63, 3.8) is 0 Å². The Hall–Kier alpha value is -1.00. The van der Waals surface area contributed by atoms with E-state index in [2.05, 4.69) is 5.32 Å². The van der Waals surface area contributed by atoms with Crippen LogP contribution in [-0.4, -0.2) is 28.9 Å². The molecule has 1 aliphatic heterocycles. The minimum Gasteiger partial charge on any atom is -0.328 e. The number of carbonyl (C=O) groups excluding carboxylic acids is 1. The number of benzene rings is 1. The maximum atomic E-state index is 13.6. The van der Waals surface area contributed by atoms with Crippen LogP contribution in [0.1, 0.15) is 30.0 Å². The number of likely N-dealkylation sites (tertiary alicyclic amines) is 1. The van der Waals surface area contributed by atoms with E-state index in [-0.39, 0.29) is 11.8 Å². The molecule has 1 aliphatic rings. The SMILES string of the molecule is Cc1ccc([C@H](NC(=O)N2CCCC2)C(Cl)Cl)cc1F. The second-order valence-electron chi connectivity index (χ2n) is 4.96. The first-order valence-electron chi connectivity index (χ1n) is 6.58. The van der Waals surface area contributed by atoms with Crippen molar-refractivity contribution in [2.45, 2.75) is 30.6 Å². The Balaban J connectivity index is 2.13. The molecule has 0 aliphatic carbocycles. The zero-order chi connectivity index (χ0) is 14.7. The molecule has 0 saturated carbocycles. The number of nitrogens with zero attached hydrogens (tertiary/aromatic N) is 1. The lowest BCUT2D eigenvalue weighted by molar-refractivity contribution is 0.205. The van der Waals surface area contributed by atoms with E-state index in [1.807, 2.05) is 0 Å². The number of carbonyl (C=O) groups is 1. The highest BCUT2D eigenvalue weighted by Crippen LogP contribution is 2.26. The number of urea groups is 1. The summed E-state index contributed by atoms with van der Waals surface area (Å²) in [5.41, 5.74) is 1.11. The van der Waals surface area contributed by atoms with Crippen LogP contribution in [0, 0.1) is 12.7 Å². The molecule has 0 radical (unpaired) electrons. The third-order valence-corrected chi connectivity index (χ3v) is 3.98. The smallest absolute Gasteiger partial charge is 0.317 e. The number of rotatable bonds is 3. The number of amides is 2. The van der Waals surface area contributed by atoms with Gasteiger partial charge in [0.15, 0.2) is 0 Å². The molecule has 0 aromatic heterocycles. The predicted octanol–water partition coefficient (Wildman–Crippen LogP) is 3.78. The zero-order valence-electron chi connectivity index (χ0n) is 11.2. The molecule has 2 rings (SSSR count). The van der Waals surface area contributed by atoms with Crippen molar-refractivity contribution in [3.8, 4) is 0 Å². The lowest BCUT2D eigenvalue weighted by Gasteiger charge is -2.24. The fraction of sp³-hybridized carbons (Fsp3) is 0.500. The lowest BCUT2D eigenvalue weighted by atomic mass is 10.1. The van der Waals surface area contributed by atoms with Gasteiger partial charge in [-0.2, -0.15) is 0 Å². The summed E-state index contributed by atoms with van der Waals surface area (Å²) in [5.74, 6) is -0.336. The van der Waals surface area contributed by atoms with Gasteiger partial charge in [-0.1, -0.05) is 12.1 Å². The molecule has 3 nitrogen and oxygen atoms in total. The molecular weight excluding hydrogens is 302 g/mol. The second-order valence-corrected chi connectivity index (χ2v) is 6.13. The van der Waals surface area contributed by atoms with Crippen LogP contribution >= 0.6 is 23.2 Å². The van der Waals surface area contributed by atoms with Crippen LogP contribution in [0.5, 0.6) is 0 Å². The average molecular weight is 319 g/mol. The first-order chi connectivity index (χ1) is 9.49. The van der Waals surface area contributed by atoms with Gasteiger partial charge >= 0.3 is 6.03 Å². The van der Waals surface area contributed by atoms with Gasteiger partial charge in [-0.25, -0.2) is 9.18 Å². The number of hydrogen-bond acceptors (Lipinski definition) is 1. The second kappa shape index (κ2) is 6.64. The summed E-state index contributed by atoms with van der Waals surface area (Å²) >= 11 is 11.9. The molecule has 2 amide bonds. The highest BCUT2D eigenvalue weighted by molar-refractivity contribution is 6.44. The van der Waals surface area contributed by atoms with E-state index in [0.29, 0.717) is 11.1 Å². The number of aryl methyl sites for hydroxylation is 1. The third kappa shape index (κ3) is 3.55. The molecule has 1 heterocycles. The molecule has 1 aromatic carbocycles. The average Bonchev–Trinajstić information content (AvgIpc) is 2.93. The van der Waals surface area contributed by atoms with E-state index in [1.54, 1.807) is 24.0 Å². The van der Waals surface area contributed by atoms with Crippen molar-refractivity contribution >= 4 is 29.2 Å². The largest absolute Gasteiger partial charge is 0.328 e. The molecule has 1 atom stereocenters. The van der Waals surface area contributed by atoms with Crippen LogP contribution in [0.25, 0.3) is 0 Å². The summed E-state index contributed by atoms with van der Waals surface area (Å²) in [6, 6.07) is 3.91. The predicted molar refractivity (Wildman–Crippen MR) is 78.7 cm³/mol.